The van der Waals surface area contributed by atoms with Gasteiger partial charge in [-0.2, -0.15) is 0 Å². The lowest BCUT2D eigenvalue weighted by Gasteiger charge is -2.11. The van der Waals surface area contributed by atoms with Crippen LogP contribution in [0.5, 0.6) is 0 Å². The molecule has 0 aromatic heterocycles. The third-order valence-corrected chi connectivity index (χ3v) is 4.59. The zero-order valence-electron chi connectivity index (χ0n) is 11.6. The Morgan fingerprint density at radius 1 is 1.14 bits per heavy atom. The summed E-state index contributed by atoms with van der Waals surface area (Å²) in [6.07, 6.45) is 0. The van der Waals surface area contributed by atoms with E-state index in [1.165, 1.54) is 25.1 Å². The standard InChI is InChI=1S/C15H14ClNO3S/c1-10-6-7-12(11(2)18)8-15(10)17-21(19,20)14-5-3-4-13(16)9-14/h3-9,17H,1-2H3. The topological polar surface area (TPSA) is 63.2 Å². The summed E-state index contributed by atoms with van der Waals surface area (Å²) < 4.78 is 27.2. The lowest BCUT2D eigenvalue weighted by molar-refractivity contribution is 0.101. The Labute approximate surface area is 128 Å². The van der Waals surface area contributed by atoms with Crippen LogP contribution in [0.3, 0.4) is 0 Å². The number of nitrogens with one attached hydrogen (secondary N) is 1. The van der Waals surface area contributed by atoms with Crippen molar-refractivity contribution in [3.05, 3.63) is 58.6 Å². The monoisotopic (exact) mass is 323 g/mol. The van der Waals surface area contributed by atoms with Crippen LogP contribution in [0.4, 0.5) is 5.69 Å². The summed E-state index contributed by atoms with van der Waals surface area (Å²) in [5, 5.41) is 0.340. The molecule has 0 bridgehead atoms. The summed E-state index contributed by atoms with van der Waals surface area (Å²) in [7, 11) is -3.75. The first kappa shape index (κ1) is 15.5. The van der Waals surface area contributed by atoms with Gasteiger partial charge in [-0.1, -0.05) is 29.8 Å². The number of aryl methyl sites for hydroxylation is 1. The van der Waals surface area contributed by atoms with Crippen LogP contribution in [0.15, 0.2) is 47.4 Å². The van der Waals surface area contributed by atoms with Crippen molar-refractivity contribution in [1.29, 1.82) is 0 Å². The molecule has 6 heteroatoms. The van der Waals surface area contributed by atoms with Gasteiger partial charge in [0.05, 0.1) is 10.6 Å². The highest BCUT2D eigenvalue weighted by Gasteiger charge is 2.16. The van der Waals surface area contributed by atoms with Crippen molar-refractivity contribution in [2.24, 2.45) is 0 Å². The van der Waals surface area contributed by atoms with Crippen molar-refractivity contribution in [3.63, 3.8) is 0 Å². The van der Waals surface area contributed by atoms with Crippen molar-refractivity contribution in [2.75, 3.05) is 4.72 Å². The fraction of sp³-hybridized carbons (Fsp3) is 0.133. The van der Waals surface area contributed by atoms with Gasteiger partial charge in [0.25, 0.3) is 10.0 Å². The fourth-order valence-corrected chi connectivity index (χ4v) is 3.21. The molecule has 0 unspecified atom stereocenters. The average Bonchev–Trinajstić information content (AvgIpc) is 2.41. The van der Waals surface area contributed by atoms with Gasteiger partial charge >= 0.3 is 0 Å². The number of anilines is 1. The lowest BCUT2D eigenvalue weighted by atomic mass is 10.1. The Kier molecular flexibility index (Phi) is 4.34. The molecule has 0 radical (unpaired) electrons. The first-order valence-corrected chi connectivity index (χ1v) is 8.06. The van der Waals surface area contributed by atoms with Gasteiger partial charge < -0.3 is 0 Å². The SMILES string of the molecule is CC(=O)c1ccc(C)c(NS(=O)(=O)c2cccc(Cl)c2)c1. The average molecular weight is 324 g/mol. The molecule has 0 aliphatic carbocycles. The molecule has 0 spiro atoms. The second-order valence-corrected chi connectivity index (χ2v) is 6.77. The molecular weight excluding hydrogens is 310 g/mol. The van der Waals surface area contributed by atoms with Crippen LogP contribution in [-0.4, -0.2) is 14.2 Å². The van der Waals surface area contributed by atoms with Gasteiger partial charge in [-0.05, 0) is 43.7 Å². The molecule has 2 rings (SSSR count). The van der Waals surface area contributed by atoms with Gasteiger partial charge in [0, 0.05) is 10.6 Å². The molecule has 0 heterocycles. The smallest absolute Gasteiger partial charge is 0.261 e. The number of rotatable bonds is 4. The molecule has 0 aliphatic heterocycles. The fourth-order valence-electron chi connectivity index (χ4n) is 1.79. The molecule has 2 aromatic carbocycles. The second-order valence-electron chi connectivity index (χ2n) is 4.65. The Morgan fingerprint density at radius 3 is 2.48 bits per heavy atom. The number of halogens is 1. The van der Waals surface area contributed by atoms with Crippen molar-refractivity contribution in [3.8, 4) is 0 Å². The highest BCUT2D eigenvalue weighted by atomic mass is 35.5. The van der Waals surface area contributed by atoms with E-state index in [0.29, 0.717) is 16.3 Å². The van der Waals surface area contributed by atoms with E-state index < -0.39 is 10.0 Å². The van der Waals surface area contributed by atoms with Crippen LogP contribution >= 0.6 is 11.6 Å². The van der Waals surface area contributed by atoms with E-state index in [0.717, 1.165) is 5.56 Å². The summed E-state index contributed by atoms with van der Waals surface area (Å²) in [5.41, 5.74) is 1.55. The predicted molar refractivity (Wildman–Crippen MR) is 83.4 cm³/mol. The predicted octanol–water partition coefficient (Wildman–Crippen LogP) is 3.65. The van der Waals surface area contributed by atoms with Crippen LogP contribution in [0.1, 0.15) is 22.8 Å². The summed E-state index contributed by atoms with van der Waals surface area (Å²) >= 11 is 5.82. The van der Waals surface area contributed by atoms with Crippen LogP contribution in [-0.2, 0) is 10.0 Å². The molecule has 1 N–H and O–H groups in total. The van der Waals surface area contributed by atoms with Crippen LogP contribution in [0, 0.1) is 6.92 Å². The number of ketones is 1. The number of carbonyl (C=O) groups is 1. The Morgan fingerprint density at radius 2 is 1.86 bits per heavy atom. The lowest BCUT2D eigenvalue weighted by Crippen LogP contribution is -2.14. The maximum atomic E-state index is 12.3. The van der Waals surface area contributed by atoms with Crippen LogP contribution in [0.2, 0.25) is 5.02 Å². The Bertz CT molecular complexity index is 800. The zero-order valence-corrected chi connectivity index (χ0v) is 13.1. The molecule has 0 saturated carbocycles. The molecule has 0 amide bonds. The largest absolute Gasteiger partial charge is 0.295 e. The third kappa shape index (κ3) is 3.62. The number of sulfonamides is 1. The van der Waals surface area contributed by atoms with Crippen molar-refractivity contribution in [1.82, 2.24) is 0 Å². The molecule has 0 saturated heterocycles. The molecule has 0 aliphatic rings. The van der Waals surface area contributed by atoms with E-state index in [9.17, 15) is 13.2 Å². The van der Waals surface area contributed by atoms with E-state index in [1.807, 2.05) is 0 Å². The number of carbonyl (C=O) groups excluding carboxylic acids is 1. The first-order chi connectivity index (χ1) is 9.79. The quantitative estimate of drug-likeness (QED) is 0.873. The minimum atomic E-state index is -3.75. The highest BCUT2D eigenvalue weighted by molar-refractivity contribution is 7.92. The maximum absolute atomic E-state index is 12.3. The second kappa shape index (κ2) is 5.87. The molecule has 110 valence electrons. The van der Waals surface area contributed by atoms with Gasteiger partial charge in [0.1, 0.15) is 0 Å². The number of benzene rings is 2. The molecule has 4 nitrogen and oxygen atoms in total. The summed E-state index contributed by atoms with van der Waals surface area (Å²) in [6, 6.07) is 10.9. The molecular formula is C15H14ClNO3S. The minimum Gasteiger partial charge on any atom is -0.295 e. The van der Waals surface area contributed by atoms with Crippen molar-refractivity contribution in [2.45, 2.75) is 18.7 Å². The van der Waals surface area contributed by atoms with Gasteiger partial charge in [0.15, 0.2) is 5.78 Å². The van der Waals surface area contributed by atoms with Gasteiger partial charge in [0.2, 0.25) is 0 Å². The summed E-state index contributed by atoms with van der Waals surface area (Å²) in [6.45, 7) is 3.19. The first-order valence-electron chi connectivity index (χ1n) is 6.19. The number of Topliss-reactive ketones (excluding diaryl/α,β-unsaturated/α-hetero) is 1. The molecule has 0 fully saturated rings. The Balaban J connectivity index is 2.41. The highest BCUT2D eigenvalue weighted by Crippen LogP contribution is 2.23. The van der Waals surface area contributed by atoms with E-state index in [1.54, 1.807) is 31.2 Å². The van der Waals surface area contributed by atoms with Crippen molar-refractivity contribution >= 4 is 33.1 Å². The maximum Gasteiger partial charge on any atom is 0.261 e. The third-order valence-electron chi connectivity index (χ3n) is 2.99. The van der Waals surface area contributed by atoms with E-state index >= 15 is 0 Å². The van der Waals surface area contributed by atoms with Crippen LogP contribution < -0.4 is 4.72 Å². The van der Waals surface area contributed by atoms with Gasteiger partial charge in [-0.15, -0.1) is 0 Å². The number of hydrogen-bond donors (Lipinski definition) is 1. The Hall–Kier alpha value is -1.85. The van der Waals surface area contributed by atoms with Crippen molar-refractivity contribution < 1.29 is 13.2 Å². The van der Waals surface area contributed by atoms with Gasteiger partial charge in [-0.25, -0.2) is 8.42 Å². The summed E-state index contributed by atoms with van der Waals surface area (Å²) in [4.78, 5) is 11.5. The van der Waals surface area contributed by atoms with Gasteiger partial charge in [-0.3, -0.25) is 9.52 Å². The van der Waals surface area contributed by atoms with Crippen LogP contribution in [0.25, 0.3) is 0 Å². The summed E-state index contributed by atoms with van der Waals surface area (Å²) in [5.74, 6) is -0.127. The molecule has 2 aromatic rings. The number of hydrogen-bond acceptors (Lipinski definition) is 3. The van der Waals surface area contributed by atoms with E-state index in [-0.39, 0.29) is 10.7 Å². The minimum absolute atomic E-state index is 0.0719. The van der Waals surface area contributed by atoms with E-state index in [2.05, 4.69) is 4.72 Å². The normalized spacial score (nSPS) is 11.2. The molecule has 0 atom stereocenters. The molecule has 21 heavy (non-hydrogen) atoms. The zero-order chi connectivity index (χ0) is 15.6. The van der Waals surface area contributed by atoms with E-state index in [4.69, 9.17) is 11.6 Å².